The maximum absolute atomic E-state index is 12.3. The summed E-state index contributed by atoms with van der Waals surface area (Å²) in [5.74, 6) is 0.750. The van der Waals surface area contributed by atoms with Crippen molar-refractivity contribution in [1.82, 2.24) is 15.1 Å². The molecular formula is C12H23FN4. The predicted molar refractivity (Wildman–Crippen MR) is 69.6 cm³/mol. The second-order valence-corrected chi connectivity index (χ2v) is 4.22. The fourth-order valence-corrected chi connectivity index (χ4v) is 2.08. The second-order valence-electron chi connectivity index (χ2n) is 4.22. The van der Waals surface area contributed by atoms with E-state index in [9.17, 15) is 4.39 Å². The Morgan fingerprint density at radius 1 is 1.47 bits per heavy atom. The molecule has 0 saturated carbocycles. The van der Waals surface area contributed by atoms with Gasteiger partial charge in [0.05, 0.1) is 5.70 Å². The standard InChI is InChI=1S/C12H23FN4/c1-5-16(6-2)11-8-17(9-11)12(14-4)15-10(3)7-13/h7,11H,5-6,8-9H2,1-4H3,(H,14,15)/b10-7-. The third-order valence-electron chi connectivity index (χ3n) is 3.15. The van der Waals surface area contributed by atoms with E-state index in [-0.39, 0.29) is 0 Å². The third kappa shape index (κ3) is 3.43. The van der Waals surface area contributed by atoms with Gasteiger partial charge in [-0.2, -0.15) is 0 Å². The van der Waals surface area contributed by atoms with Crippen molar-refractivity contribution in [3.05, 3.63) is 12.0 Å². The average molecular weight is 242 g/mol. The molecule has 0 spiro atoms. The molecule has 1 aliphatic heterocycles. The molecule has 0 bridgehead atoms. The van der Waals surface area contributed by atoms with Crippen molar-refractivity contribution in [3.8, 4) is 0 Å². The molecule has 0 radical (unpaired) electrons. The molecular weight excluding hydrogens is 219 g/mol. The maximum atomic E-state index is 12.3. The van der Waals surface area contributed by atoms with Crippen LogP contribution in [0.25, 0.3) is 0 Å². The number of allylic oxidation sites excluding steroid dienone is 1. The van der Waals surface area contributed by atoms with E-state index in [2.05, 4.69) is 34.0 Å². The van der Waals surface area contributed by atoms with Crippen LogP contribution in [0.4, 0.5) is 4.39 Å². The van der Waals surface area contributed by atoms with Crippen molar-refractivity contribution in [2.75, 3.05) is 33.2 Å². The highest BCUT2D eigenvalue weighted by Crippen LogP contribution is 2.15. The maximum Gasteiger partial charge on any atom is 0.198 e. The Hall–Kier alpha value is -1.10. The molecule has 4 nitrogen and oxygen atoms in total. The average Bonchev–Trinajstić information content (AvgIpc) is 2.30. The molecule has 0 aromatic rings. The van der Waals surface area contributed by atoms with Gasteiger partial charge in [-0.3, -0.25) is 4.90 Å². The molecule has 1 N–H and O–H groups in total. The summed E-state index contributed by atoms with van der Waals surface area (Å²) in [4.78, 5) is 8.75. The Balaban J connectivity index is 2.53. The molecule has 1 aliphatic rings. The fourth-order valence-electron chi connectivity index (χ4n) is 2.08. The number of nitrogens with zero attached hydrogens (tertiary/aromatic N) is 3. The number of likely N-dealkylation sites (tertiary alicyclic amines) is 1. The summed E-state index contributed by atoms with van der Waals surface area (Å²) in [5, 5.41) is 3.01. The third-order valence-corrected chi connectivity index (χ3v) is 3.15. The van der Waals surface area contributed by atoms with Crippen molar-refractivity contribution in [1.29, 1.82) is 0 Å². The molecule has 0 aromatic heterocycles. The van der Waals surface area contributed by atoms with Gasteiger partial charge in [0.1, 0.15) is 6.33 Å². The van der Waals surface area contributed by atoms with E-state index in [1.54, 1.807) is 6.92 Å². The van der Waals surface area contributed by atoms with E-state index < -0.39 is 0 Å². The summed E-state index contributed by atoms with van der Waals surface area (Å²) in [6.45, 7) is 10.1. The van der Waals surface area contributed by atoms with Crippen LogP contribution in [0.3, 0.4) is 0 Å². The Kier molecular flexibility index (Phi) is 5.41. The molecule has 1 fully saturated rings. The zero-order valence-electron chi connectivity index (χ0n) is 11.2. The van der Waals surface area contributed by atoms with Gasteiger partial charge in [-0.25, -0.2) is 9.38 Å². The molecule has 98 valence electrons. The lowest BCUT2D eigenvalue weighted by Gasteiger charge is -2.46. The van der Waals surface area contributed by atoms with E-state index >= 15 is 0 Å². The van der Waals surface area contributed by atoms with Gasteiger partial charge in [0.25, 0.3) is 0 Å². The Bertz CT molecular complexity index is 291. The predicted octanol–water partition coefficient (Wildman–Crippen LogP) is 1.42. The molecule has 0 aromatic carbocycles. The van der Waals surface area contributed by atoms with Crippen LogP contribution in [0, 0.1) is 0 Å². The Morgan fingerprint density at radius 3 is 2.47 bits per heavy atom. The minimum absolute atomic E-state index is 0.389. The van der Waals surface area contributed by atoms with Crippen LogP contribution in [0.15, 0.2) is 17.0 Å². The highest BCUT2D eigenvalue weighted by Gasteiger charge is 2.32. The molecule has 17 heavy (non-hydrogen) atoms. The van der Waals surface area contributed by atoms with Crippen LogP contribution in [0.1, 0.15) is 20.8 Å². The van der Waals surface area contributed by atoms with Crippen LogP contribution in [0.5, 0.6) is 0 Å². The van der Waals surface area contributed by atoms with Gasteiger partial charge < -0.3 is 10.2 Å². The van der Waals surface area contributed by atoms with Crippen molar-refractivity contribution >= 4 is 5.96 Å². The summed E-state index contributed by atoms with van der Waals surface area (Å²) >= 11 is 0. The number of rotatable bonds is 4. The number of guanidine groups is 1. The van der Waals surface area contributed by atoms with Gasteiger partial charge in [-0.05, 0) is 20.0 Å². The van der Waals surface area contributed by atoms with E-state index in [4.69, 9.17) is 0 Å². The van der Waals surface area contributed by atoms with Crippen molar-refractivity contribution < 1.29 is 4.39 Å². The molecule has 5 heteroatoms. The molecule has 1 rings (SSSR count). The number of hydrogen-bond acceptors (Lipinski definition) is 2. The van der Waals surface area contributed by atoms with E-state index in [1.165, 1.54) is 0 Å². The monoisotopic (exact) mass is 242 g/mol. The number of nitrogens with one attached hydrogen (secondary N) is 1. The molecule has 0 amide bonds. The lowest BCUT2D eigenvalue weighted by atomic mass is 10.1. The summed E-state index contributed by atoms with van der Waals surface area (Å²) in [7, 11) is 1.81. The van der Waals surface area contributed by atoms with Crippen molar-refractivity contribution in [3.63, 3.8) is 0 Å². The van der Waals surface area contributed by atoms with Crippen LogP contribution < -0.4 is 5.32 Å². The van der Waals surface area contributed by atoms with Crippen LogP contribution in [-0.4, -0.2) is 55.0 Å². The van der Waals surface area contributed by atoms with Gasteiger partial charge in [0, 0.05) is 26.2 Å². The molecule has 0 atom stereocenters. The van der Waals surface area contributed by atoms with Gasteiger partial charge in [-0.1, -0.05) is 13.8 Å². The number of likely N-dealkylation sites (N-methyl/N-ethyl adjacent to an activating group) is 1. The largest absolute Gasteiger partial charge is 0.359 e. The molecule has 0 aliphatic carbocycles. The van der Waals surface area contributed by atoms with E-state index in [0.717, 1.165) is 32.1 Å². The van der Waals surface area contributed by atoms with E-state index in [0.29, 0.717) is 18.1 Å². The highest BCUT2D eigenvalue weighted by atomic mass is 19.1. The van der Waals surface area contributed by atoms with Crippen molar-refractivity contribution in [2.45, 2.75) is 26.8 Å². The first-order valence-corrected chi connectivity index (χ1v) is 6.18. The minimum atomic E-state index is 0.389. The second kappa shape index (κ2) is 6.59. The lowest BCUT2D eigenvalue weighted by molar-refractivity contribution is 0.0869. The number of halogens is 1. The first kappa shape index (κ1) is 14.0. The lowest BCUT2D eigenvalue weighted by Crippen LogP contribution is -2.63. The number of hydrogen-bond donors (Lipinski definition) is 1. The summed E-state index contributed by atoms with van der Waals surface area (Å²) in [5.41, 5.74) is 0.389. The Morgan fingerprint density at radius 2 is 2.06 bits per heavy atom. The van der Waals surface area contributed by atoms with E-state index in [1.807, 2.05) is 7.05 Å². The van der Waals surface area contributed by atoms with Crippen molar-refractivity contribution in [2.24, 2.45) is 4.99 Å². The van der Waals surface area contributed by atoms with Gasteiger partial charge >= 0.3 is 0 Å². The van der Waals surface area contributed by atoms with Gasteiger partial charge in [0.15, 0.2) is 5.96 Å². The molecule has 1 saturated heterocycles. The quantitative estimate of drug-likeness (QED) is 0.597. The number of aliphatic imine (C=N–C) groups is 1. The zero-order valence-corrected chi connectivity index (χ0v) is 11.2. The zero-order chi connectivity index (χ0) is 12.8. The molecule has 1 heterocycles. The topological polar surface area (TPSA) is 30.9 Å². The van der Waals surface area contributed by atoms with Crippen LogP contribution in [-0.2, 0) is 0 Å². The van der Waals surface area contributed by atoms with Crippen LogP contribution in [0.2, 0.25) is 0 Å². The first-order chi connectivity index (χ1) is 8.15. The SMILES string of the molecule is CCN(CC)C1CN(/C(=N/C(C)=C\F)NC)C1. The van der Waals surface area contributed by atoms with Gasteiger partial charge in [-0.15, -0.1) is 0 Å². The summed E-state index contributed by atoms with van der Waals surface area (Å²) in [6.07, 6.45) is 0.527. The van der Waals surface area contributed by atoms with Crippen LogP contribution >= 0.6 is 0 Å². The summed E-state index contributed by atoms with van der Waals surface area (Å²) < 4.78 is 12.3. The fraction of sp³-hybridized carbons (Fsp3) is 0.750. The summed E-state index contributed by atoms with van der Waals surface area (Å²) in [6, 6.07) is 0.596. The highest BCUT2D eigenvalue weighted by molar-refractivity contribution is 5.81. The van der Waals surface area contributed by atoms with Gasteiger partial charge in [0.2, 0.25) is 0 Å². The molecule has 0 unspecified atom stereocenters. The Labute approximate surface area is 103 Å². The first-order valence-electron chi connectivity index (χ1n) is 6.18. The normalized spacial score (nSPS) is 18.6. The minimum Gasteiger partial charge on any atom is -0.359 e. The smallest absolute Gasteiger partial charge is 0.198 e.